The van der Waals surface area contributed by atoms with Gasteiger partial charge in [-0.3, -0.25) is 4.21 Å². The van der Waals surface area contributed by atoms with Crippen molar-refractivity contribution in [2.75, 3.05) is 35.2 Å². The van der Waals surface area contributed by atoms with Crippen molar-refractivity contribution >= 4 is 22.7 Å². The van der Waals surface area contributed by atoms with Gasteiger partial charge in [0, 0.05) is 41.3 Å². The maximum Gasteiger partial charge on any atom is 0.230 e. The van der Waals surface area contributed by atoms with E-state index in [2.05, 4.69) is 15.0 Å². The molecule has 2 N–H and O–H groups in total. The van der Waals surface area contributed by atoms with Crippen LogP contribution in [0.25, 0.3) is 0 Å². The van der Waals surface area contributed by atoms with E-state index in [1.165, 1.54) is 0 Å². The van der Waals surface area contributed by atoms with Gasteiger partial charge in [0.2, 0.25) is 11.9 Å². The van der Waals surface area contributed by atoms with E-state index in [9.17, 15) is 4.21 Å². The Balaban J connectivity index is 1.83. The van der Waals surface area contributed by atoms with Gasteiger partial charge in [-0.1, -0.05) is 0 Å². The highest BCUT2D eigenvalue weighted by Crippen LogP contribution is 2.38. The molecule has 1 saturated heterocycles. The third kappa shape index (κ3) is 2.38. The number of nitrogens with two attached hydrogens (primary N) is 1. The number of hydrogen-bond donors (Lipinski definition) is 1. The van der Waals surface area contributed by atoms with Gasteiger partial charge in [0.25, 0.3) is 0 Å². The van der Waals surface area contributed by atoms with Gasteiger partial charge in [-0.25, -0.2) is 0 Å². The molecule has 1 saturated carbocycles. The molecule has 3 rings (SSSR count). The fourth-order valence-corrected chi connectivity index (χ4v) is 2.95. The fourth-order valence-electron chi connectivity index (χ4n) is 1.90. The molecular weight excluding hydrogens is 238 g/mol. The summed E-state index contributed by atoms with van der Waals surface area (Å²) in [5, 5.41) is 0. The van der Waals surface area contributed by atoms with Crippen molar-refractivity contribution in [1.82, 2.24) is 15.0 Å². The lowest BCUT2D eigenvalue weighted by Crippen LogP contribution is -2.39. The predicted octanol–water partition coefficient (Wildman–Crippen LogP) is -0.100. The van der Waals surface area contributed by atoms with Crippen LogP contribution in [0.1, 0.15) is 24.6 Å². The van der Waals surface area contributed by atoms with Crippen LogP contribution in [0.4, 0.5) is 11.9 Å². The first-order chi connectivity index (χ1) is 8.22. The molecule has 1 aliphatic carbocycles. The van der Waals surface area contributed by atoms with Gasteiger partial charge in [-0.05, 0) is 12.8 Å². The summed E-state index contributed by atoms with van der Waals surface area (Å²) in [6.45, 7) is 1.47. The van der Waals surface area contributed by atoms with Gasteiger partial charge < -0.3 is 10.6 Å². The number of rotatable bonds is 2. The molecule has 0 unspecified atom stereocenters. The number of anilines is 2. The molecule has 2 aliphatic rings. The summed E-state index contributed by atoms with van der Waals surface area (Å²) in [5.41, 5.74) is 5.71. The highest BCUT2D eigenvalue weighted by atomic mass is 32.2. The second-order valence-corrected chi connectivity index (χ2v) is 6.16. The molecule has 1 aliphatic heterocycles. The zero-order valence-electron chi connectivity index (χ0n) is 9.50. The lowest BCUT2D eigenvalue weighted by Gasteiger charge is -2.26. The van der Waals surface area contributed by atoms with Crippen molar-refractivity contribution in [3.05, 3.63) is 5.82 Å². The first-order valence-electron chi connectivity index (χ1n) is 5.84. The average Bonchev–Trinajstić information content (AvgIpc) is 3.13. The Kier molecular flexibility index (Phi) is 2.70. The van der Waals surface area contributed by atoms with Gasteiger partial charge in [0.05, 0.1) is 0 Å². The standard InChI is InChI=1S/C10H15N5OS/c11-9-12-8(7-1-2-7)13-10(14-9)15-3-5-17(16)6-4-15/h7H,1-6H2,(H2,11,12,13,14). The van der Waals surface area contributed by atoms with Crippen LogP contribution in [0.2, 0.25) is 0 Å². The third-order valence-corrected chi connectivity index (χ3v) is 4.34. The minimum atomic E-state index is -0.686. The van der Waals surface area contributed by atoms with Crippen LogP contribution in [-0.2, 0) is 10.8 Å². The normalized spacial score (nSPS) is 21.8. The zero-order valence-corrected chi connectivity index (χ0v) is 10.3. The summed E-state index contributed by atoms with van der Waals surface area (Å²) in [4.78, 5) is 14.9. The largest absolute Gasteiger partial charge is 0.368 e. The van der Waals surface area contributed by atoms with Crippen LogP contribution in [0, 0.1) is 0 Å². The van der Waals surface area contributed by atoms with Crippen LogP contribution in [0.3, 0.4) is 0 Å². The quantitative estimate of drug-likeness (QED) is 0.792. The summed E-state index contributed by atoms with van der Waals surface area (Å²) in [6, 6.07) is 0. The number of aromatic nitrogens is 3. The second kappa shape index (κ2) is 4.21. The van der Waals surface area contributed by atoms with Crippen molar-refractivity contribution < 1.29 is 4.21 Å². The summed E-state index contributed by atoms with van der Waals surface area (Å²) in [7, 11) is -0.686. The summed E-state index contributed by atoms with van der Waals surface area (Å²) >= 11 is 0. The van der Waals surface area contributed by atoms with Crippen molar-refractivity contribution in [2.45, 2.75) is 18.8 Å². The first kappa shape index (κ1) is 10.9. The molecule has 6 nitrogen and oxygen atoms in total. The molecule has 0 radical (unpaired) electrons. The van der Waals surface area contributed by atoms with Crippen LogP contribution in [0.15, 0.2) is 0 Å². The number of nitrogens with zero attached hydrogens (tertiary/aromatic N) is 4. The molecule has 0 spiro atoms. The summed E-state index contributed by atoms with van der Waals surface area (Å²) in [5.74, 6) is 3.60. The lowest BCUT2D eigenvalue weighted by molar-refractivity contribution is 0.670. The summed E-state index contributed by atoms with van der Waals surface area (Å²) in [6.07, 6.45) is 2.29. The van der Waals surface area contributed by atoms with Gasteiger partial charge in [-0.15, -0.1) is 0 Å². The maximum absolute atomic E-state index is 11.3. The Bertz CT molecular complexity index is 452. The first-order valence-corrected chi connectivity index (χ1v) is 7.32. The van der Waals surface area contributed by atoms with E-state index < -0.39 is 10.8 Å². The van der Waals surface area contributed by atoms with Crippen molar-refractivity contribution in [2.24, 2.45) is 0 Å². The van der Waals surface area contributed by atoms with Crippen LogP contribution in [0.5, 0.6) is 0 Å². The van der Waals surface area contributed by atoms with Crippen molar-refractivity contribution in [1.29, 1.82) is 0 Å². The second-order valence-electron chi connectivity index (χ2n) is 4.46. The molecule has 0 amide bonds. The Labute approximate surface area is 102 Å². The van der Waals surface area contributed by atoms with Gasteiger partial charge in [-0.2, -0.15) is 15.0 Å². The summed E-state index contributed by atoms with van der Waals surface area (Å²) < 4.78 is 11.3. The molecule has 2 fully saturated rings. The van der Waals surface area contributed by atoms with E-state index in [1.807, 2.05) is 4.90 Å². The molecular formula is C10H15N5OS. The molecule has 0 atom stereocenters. The van der Waals surface area contributed by atoms with E-state index in [-0.39, 0.29) is 0 Å². The van der Waals surface area contributed by atoms with Gasteiger partial charge in [0.1, 0.15) is 5.82 Å². The number of nitrogen functional groups attached to an aromatic ring is 1. The SMILES string of the molecule is Nc1nc(C2CC2)nc(N2CCS(=O)CC2)n1. The van der Waals surface area contributed by atoms with Gasteiger partial charge >= 0.3 is 0 Å². The Morgan fingerprint density at radius 3 is 2.53 bits per heavy atom. The monoisotopic (exact) mass is 253 g/mol. The third-order valence-electron chi connectivity index (χ3n) is 3.06. The topological polar surface area (TPSA) is 85.0 Å². The predicted molar refractivity (Wildman–Crippen MR) is 66.3 cm³/mol. The highest BCUT2D eigenvalue weighted by molar-refractivity contribution is 7.85. The maximum atomic E-state index is 11.3. The van der Waals surface area contributed by atoms with E-state index >= 15 is 0 Å². The smallest absolute Gasteiger partial charge is 0.230 e. The molecule has 0 bridgehead atoms. The fraction of sp³-hybridized carbons (Fsp3) is 0.700. The van der Waals surface area contributed by atoms with E-state index in [0.29, 0.717) is 29.3 Å². The van der Waals surface area contributed by atoms with Gasteiger partial charge in [0.15, 0.2) is 0 Å². The molecule has 1 aromatic heterocycles. The molecule has 92 valence electrons. The Hall–Kier alpha value is -1.24. The van der Waals surface area contributed by atoms with Crippen LogP contribution >= 0.6 is 0 Å². The number of hydrogen-bond acceptors (Lipinski definition) is 6. The lowest BCUT2D eigenvalue weighted by atomic mass is 10.4. The van der Waals surface area contributed by atoms with E-state index in [0.717, 1.165) is 31.8 Å². The Morgan fingerprint density at radius 1 is 1.18 bits per heavy atom. The molecule has 0 aromatic carbocycles. The molecule has 17 heavy (non-hydrogen) atoms. The molecule has 7 heteroatoms. The average molecular weight is 253 g/mol. The molecule has 2 heterocycles. The van der Waals surface area contributed by atoms with E-state index in [4.69, 9.17) is 5.73 Å². The van der Waals surface area contributed by atoms with Crippen molar-refractivity contribution in [3.8, 4) is 0 Å². The van der Waals surface area contributed by atoms with Crippen molar-refractivity contribution in [3.63, 3.8) is 0 Å². The molecule has 1 aromatic rings. The highest BCUT2D eigenvalue weighted by Gasteiger charge is 2.28. The minimum Gasteiger partial charge on any atom is -0.368 e. The minimum absolute atomic E-state index is 0.295. The van der Waals surface area contributed by atoms with Crippen LogP contribution in [-0.4, -0.2) is 43.8 Å². The van der Waals surface area contributed by atoms with E-state index in [1.54, 1.807) is 0 Å². The van der Waals surface area contributed by atoms with Crippen LogP contribution < -0.4 is 10.6 Å². The zero-order chi connectivity index (χ0) is 11.8. The Morgan fingerprint density at radius 2 is 1.88 bits per heavy atom.